The molecule has 0 radical (unpaired) electrons. The van der Waals surface area contributed by atoms with E-state index in [2.05, 4.69) is 5.32 Å². The third-order valence-corrected chi connectivity index (χ3v) is 2.54. The molecule has 92 valence electrons. The second-order valence-corrected chi connectivity index (χ2v) is 4.55. The molecule has 0 saturated carbocycles. The molecule has 1 aromatic rings. The molecule has 0 bridgehead atoms. The molecule has 0 fully saturated rings. The first-order chi connectivity index (χ1) is 8.04. The van der Waals surface area contributed by atoms with E-state index in [1.165, 1.54) is 0 Å². The zero-order valence-corrected chi connectivity index (χ0v) is 10.7. The number of amides is 1. The molecule has 17 heavy (non-hydrogen) atoms. The molecule has 0 aliphatic carbocycles. The third-order valence-electron chi connectivity index (χ3n) is 2.54. The Kier molecular flexibility index (Phi) is 5.23. The summed E-state index contributed by atoms with van der Waals surface area (Å²) >= 11 is 0. The van der Waals surface area contributed by atoms with E-state index in [4.69, 9.17) is 0 Å². The molecule has 2 N–H and O–H groups in total. The molecule has 1 aromatic carbocycles. The fourth-order valence-electron chi connectivity index (χ4n) is 1.64. The van der Waals surface area contributed by atoms with Gasteiger partial charge < -0.3 is 10.4 Å². The van der Waals surface area contributed by atoms with Gasteiger partial charge in [-0.15, -0.1) is 0 Å². The minimum atomic E-state index is -0.429. The zero-order chi connectivity index (χ0) is 12.8. The number of hydrogen-bond donors (Lipinski definition) is 2. The van der Waals surface area contributed by atoms with E-state index >= 15 is 0 Å². The lowest BCUT2D eigenvalue weighted by atomic mass is 9.95. The molecule has 1 rings (SSSR count). The molecular formula is C13H20BNO2. The van der Waals surface area contributed by atoms with E-state index in [1.54, 1.807) is 12.1 Å². The molecule has 0 spiro atoms. The van der Waals surface area contributed by atoms with Crippen LogP contribution in [-0.4, -0.2) is 24.9 Å². The maximum absolute atomic E-state index is 11.7. The highest BCUT2D eigenvalue weighted by molar-refractivity contribution is 6.08. The van der Waals surface area contributed by atoms with Crippen LogP contribution in [0.2, 0.25) is 6.32 Å². The summed E-state index contributed by atoms with van der Waals surface area (Å²) < 4.78 is 0. The lowest BCUT2D eigenvalue weighted by molar-refractivity contribution is 0.0943. The predicted octanol–water partition coefficient (Wildman–Crippen LogP) is 1.30. The number of rotatable bonds is 5. The van der Waals surface area contributed by atoms with Crippen molar-refractivity contribution < 1.29 is 9.90 Å². The van der Waals surface area contributed by atoms with Crippen LogP contribution in [-0.2, 0) is 0 Å². The minimum Gasteiger partial charge on any atom is -0.388 e. The summed E-state index contributed by atoms with van der Waals surface area (Å²) in [5, 5.41) is 12.6. The van der Waals surface area contributed by atoms with Gasteiger partial charge in [-0.25, -0.2) is 0 Å². The van der Waals surface area contributed by atoms with Crippen molar-refractivity contribution in [1.29, 1.82) is 0 Å². The van der Waals surface area contributed by atoms with Gasteiger partial charge in [-0.2, -0.15) is 0 Å². The van der Waals surface area contributed by atoms with Gasteiger partial charge in [0.15, 0.2) is 0 Å². The minimum absolute atomic E-state index is 0.0727. The van der Waals surface area contributed by atoms with Gasteiger partial charge in [-0.05, 0) is 38.0 Å². The van der Waals surface area contributed by atoms with Crippen molar-refractivity contribution in [1.82, 2.24) is 5.32 Å². The number of aliphatic hydroxyl groups is 1. The molecule has 1 atom stereocenters. The van der Waals surface area contributed by atoms with Crippen molar-refractivity contribution in [3.05, 3.63) is 35.4 Å². The maximum atomic E-state index is 11.7. The lowest BCUT2D eigenvalue weighted by Gasteiger charge is -2.11. The van der Waals surface area contributed by atoms with Gasteiger partial charge >= 0.3 is 0 Å². The Balaban J connectivity index is 2.70. The van der Waals surface area contributed by atoms with Gasteiger partial charge in [-0.3, -0.25) is 4.79 Å². The van der Waals surface area contributed by atoms with Crippen LogP contribution in [0, 0.1) is 0 Å². The molecule has 0 saturated heterocycles. The monoisotopic (exact) mass is 233 g/mol. The van der Waals surface area contributed by atoms with Crippen LogP contribution >= 0.6 is 0 Å². The van der Waals surface area contributed by atoms with Gasteiger partial charge in [0, 0.05) is 11.6 Å². The first-order valence-corrected chi connectivity index (χ1v) is 6.13. The first kappa shape index (κ1) is 13.8. The lowest BCUT2D eigenvalue weighted by Crippen LogP contribution is -2.30. The summed E-state index contributed by atoms with van der Waals surface area (Å²) in [6, 6.07) is 7.27. The van der Waals surface area contributed by atoms with Gasteiger partial charge in [0.2, 0.25) is 0 Å². The largest absolute Gasteiger partial charge is 0.388 e. The number of aliphatic hydroxyl groups excluding tert-OH is 1. The maximum Gasteiger partial charge on any atom is 0.251 e. The van der Waals surface area contributed by atoms with Crippen molar-refractivity contribution in [3.8, 4) is 0 Å². The van der Waals surface area contributed by atoms with Crippen molar-refractivity contribution in [2.45, 2.75) is 38.7 Å². The van der Waals surface area contributed by atoms with Gasteiger partial charge in [0.05, 0.1) is 6.10 Å². The van der Waals surface area contributed by atoms with Gasteiger partial charge in [0.25, 0.3) is 5.91 Å². The van der Waals surface area contributed by atoms with Crippen molar-refractivity contribution >= 4 is 13.8 Å². The normalized spacial score (nSPS) is 12.5. The highest BCUT2D eigenvalue weighted by Gasteiger charge is 2.09. The standard InChI is InChI=1S/C13H20BNO2/c1-9(2)15-13(17)11-5-3-10(4-6-11)12(16)7-8-14/h3-6,9,12,16H,7-8,14H2,1-2H3,(H,15,17). The Hall–Kier alpha value is -1.29. The fraction of sp³-hybridized carbons (Fsp3) is 0.462. The molecule has 3 nitrogen and oxygen atoms in total. The van der Waals surface area contributed by atoms with Crippen LogP contribution in [0.15, 0.2) is 24.3 Å². The predicted molar refractivity (Wildman–Crippen MR) is 72.0 cm³/mol. The molecule has 0 aliphatic heterocycles. The summed E-state index contributed by atoms with van der Waals surface area (Å²) in [4.78, 5) is 11.7. The average molecular weight is 233 g/mol. The summed E-state index contributed by atoms with van der Waals surface area (Å²) in [5.74, 6) is -0.0727. The summed E-state index contributed by atoms with van der Waals surface area (Å²) in [7, 11) is 2.04. The Morgan fingerprint density at radius 2 is 1.94 bits per heavy atom. The molecule has 0 aromatic heterocycles. The van der Waals surface area contributed by atoms with Gasteiger partial charge in [0.1, 0.15) is 7.85 Å². The quantitative estimate of drug-likeness (QED) is 0.753. The summed E-state index contributed by atoms with van der Waals surface area (Å²) in [6.07, 6.45) is 1.26. The van der Waals surface area contributed by atoms with E-state index in [0.717, 1.165) is 18.3 Å². The smallest absolute Gasteiger partial charge is 0.251 e. The number of benzene rings is 1. The SMILES string of the molecule is BCCC(O)c1ccc(C(=O)NC(C)C)cc1. The van der Waals surface area contributed by atoms with Crippen molar-refractivity contribution in [2.75, 3.05) is 0 Å². The van der Waals surface area contributed by atoms with E-state index in [0.29, 0.717) is 5.56 Å². The number of hydrogen-bond acceptors (Lipinski definition) is 2. The molecule has 0 heterocycles. The second kappa shape index (κ2) is 6.45. The number of carbonyl (C=O) groups excluding carboxylic acids is 1. The summed E-state index contributed by atoms with van der Waals surface area (Å²) in [5.41, 5.74) is 1.50. The molecule has 1 amide bonds. The zero-order valence-electron chi connectivity index (χ0n) is 10.7. The van der Waals surface area contributed by atoms with E-state index < -0.39 is 6.10 Å². The van der Waals surface area contributed by atoms with E-state index in [1.807, 2.05) is 33.8 Å². The molecule has 4 heteroatoms. The average Bonchev–Trinajstić information content (AvgIpc) is 2.28. The topological polar surface area (TPSA) is 49.3 Å². The van der Waals surface area contributed by atoms with Crippen LogP contribution in [0.5, 0.6) is 0 Å². The fourth-order valence-corrected chi connectivity index (χ4v) is 1.64. The first-order valence-electron chi connectivity index (χ1n) is 6.13. The van der Waals surface area contributed by atoms with Gasteiger partial charge in [-0.1, -0.05) is 18.5 Å². The third kappa shape index (κ3) is 4.23. The Morgan fingerprint density at radius 3 is 2.41 bits per heavy atom. The highest BCUT2D eigenvalue weighted by Crippen LogP contribution is 2.18. The van der Waals surface area contributed by atoms with E-state index in [-0.39, 0.29) is 11.9 Å². The number of carbonyl (C=O) groups is 1. The van der Waals surface area contributed by atoms with Crippen LogP contribution in [0.1, 0.15) is 42.3 Å². The number of nitrogens with one attached hydrogen (secondary N) is 1. The highest BCUT2D eigenvalue weighted by atomic mass is 16.3. The Bertz CT molecular complexity index is 362. The van der Waals surface area contributed by atoms with E-state index in [9.17, 15) is 9.90 Å². The van der Waals surface area contributed by atoms with Crippen molar-refractivity contribution in [2.24, 2.45) is 0 Å². The van der Waals surface area contributed by atoms with Crippen LogP contribution in [0.25, 0.3) is 0 Å². The molecule has 0 aliphatic rings. The van der Waals surface area contributed by atoms with Crippen LogP contribution in [0.4, 0.5) is 0 Å². The Morgan fingerprint density at radius 1 is 1.35 bits per heavy atom. The summed E-state index contributed by atoms with van der Waals surface area (Å²) in [6.45, 7) is 3.86. The second-order valence-electron chi connectivity index (χ2n) is 4.55. The Labute approximate surface area is 104 Å². The molecular weight excluding hydrogens is 213 g/mol. The van der Waals surface area contributed by atoms with Crippen molar-refractivity contribution in [3.63, 3.8) is 0 Å². The molecule has 1 unspecified atom stereocenters. The van der Waals surface area contributed by atoms with Crippen LogP contribution < -0.4 is 5.32 Å². The van der Waals surface area contributed by atoms with Crippen LogP contribution in [0.3, 0.4) is 0 Å².